The second-order valence-corrected chi connectivity index (χ2v) is 15.2. The molecular formula is C51H33F5N2. The van der Waals surface area contributed by atoms with Crippen LogP contribution in [-0.4, -0.2) is 4.57 Å². The van der Waals surface area contributed by atoms with E-state index in [1.807, 2.05) is 53.4 Å². The molecule has 0 N–H and O–H groups in total. The lowest BCUT2D eigenvalue weighted by atomic mass is 9.82. The van der Waals surface area contributed by atoms with Gasteiger partial charge in [-0.2, -0.15) is 0 Å². The first-order chi connectivity index (χ1) is 28.1. The maximum Gasteiger partial charge on any atom is 0.200 e. The maximum atomic E-state index is 14.9. The molecule has 0 radical (unpaired) electrons. The maximum absolute atomic E-state index is 14.9. The fourth-order valence-corrected chi connectivity index (χ4v) is 8.72. The van der Waals surface area contributed by atoms with Gasteiger partial charge in [0.05, 0.1) is 16.6 Å². The topological polar surface area (TPSA) is 8.17 Å². The summed E-state index contributed by atoms with van der Waals surface area (Å²) < 4.78 is 74.4. The van der Waals surface area contributed by atoms with E-state index in [9.17, 15) is 22.0 Å². The highest BCUT2D eigenvalue weighted by Gasteiger charge is 2.36. The van der Waals surface area contributed by atoms with Crippen LogP contribution in [0.3, 0.4) is 0 Å². The number of anilines is 3. The molecule has 0 bridgehead atoms. The van der Waals surface area contributed by atoms with Gasteiger partial charge in [0, 0.05) is 38.9 Å². The molecule has 58 heavy (non-hydrogen) atoms. The van der Waals surface area contributed by atoms with E-state index in [1.165, 1.54) is 28.6 Å². The lowest BCUT2D eigenvalue weighted by Crippen LogP contribution is -2.16. The lowest BCUT2D eigenvalue weighted by molar-refractivity contribution is 0.381. The Bertz CT molecular complexity index is 3050. The van der Waals surface area contributed by atoms with E-state index in [1.54, 1.807) is 12.1 Å². The molecule has 9 aromatic rings. The van der Waals surface area contributed by atoms with Gasteiger partial charge in [-0.3, -0.25) is 0 Å². The first-order valence-corrected chi connectivity index (χ1v) is 19.0. The van der Waals surface area contributed by atoms with Crippen LogP contribution >= 0.6 is 0 Å². The molecule has 2 nitrogen and oxygen atoms in total. The van der Waals surface area contributed by atoms with Gasteiger partial charge < -0.3 is 9.47 Å². The summed E-state index contributed by atoms with van der Waals surface area (Å²) in [4.78, 5) is 2.03. The first kappa shape index (κ1) is 35.4. The molecule has 1 heterocycles. The molecule has 1 aromatic heterocycles. The number of benzene rings is 8. The number of rotatable bonds is 6. The smallest absolute Gasteiger partial charge is 0.200 e. The largest absolute Gasteiger partial charge is 0.310 e. The fourth-order valence-electron chi connectivity index (χ4n) is 8.72. The van der Waals surface area contributed by atoms with Crippen LogP contribution in [0.25, 0.3) is 60.9 Å². The Morgan fingerprint density at radius 1 is 0.414 bits per heavy atom. The zero-order valence-electron chi connectivity index (χ0n) is 31.4. The van der Waals surface area contributed by atoms with Gasteiger partial charge in [0.2, 0.25) is 5.82 Å². The molecule has 7 heteroatoms. The van der Waals surface area contributed by atoms with Gasteiger partial charge in [0.15, 0.2) is 23.3 Å². The summed E-state index contributed by atoms with van der Waals surface area (Å²) in [5.41, 5.74) is 10.9. The van der Waals surface area contributed by atoms with Crippen molar-refractivity contribution >= 4 is 38.9 Å². The Balaban J connectivity index is 1.09. The second-order valence-electron chi connectivity index (χ2n) is 15.2. The predicted octanol–water partition coefficient (Wildman–Crippen LogP) is 14.6. The predicted molar refractivity (Wildman–Crippen MR) is 224 cm³/mol. The van der Waals surface area contributed by atoms with Crippen molar-refractivity contribution in [2.75, 3.05) is 4.90 Å². The average molecular weight is 769 g/mol. The summed E-state index contributed by atoms with van der Waals surface area (Å²) in [6.45, 7) is 4.40. The van der Waals surface area contributed by atoms with E-state index < -0.39 is 34.6 Å². The van der Waals surface area contributed by atoms with Crippen LogP contribution in [0.4, 0.5) is 39.0 Å². The van der Waals surface area contributed by atoms with Crippen LogP contribution in [0.15, 0.2) is 164 Å². The Morgan fingerprint density at radius 2 is 0.948 bits per heavy atom. The summed E-state index contributed by atoms with van der Waals surface area (Å²) in [6, 6.07) is 54.1. The van der Waals surface area contributed by atoms with Gasteiger partial charge >= 0.3 is 0 Å². The fraction of sp³-hybridized carbons (Fsp3) is 0.0588. The first-order valence-electron chi connectivity index (χ1n) is 19.0. The van der Waals surface area contributed by atoms with E-state index in [0.29, 0.717) is 5.69 Å². The molecule has 0 amide bonds. The molecule has 0 fully saturated rings. The average Bonchev–Trinajstić information content (AvgIpc) is 3.71. The summed E-state index contributed by atoms with van der Waals surface area (Å²) in [5, 5.41) is 2.33. The van der Waals surface area contributed by atoms with Crippen molar-refractivity contribution in [3.8, 4) is 39.1 Å². The zero-order chi connectivity index (χ0) is 39.9. The quantitative estimate of drug-likeness (QED) is 0.0929. The molecule has 0 atom stereocenters. The van der Waals surface area contributed by atoms with Crippen molar-refractivity contribution in [3.63, 3.8) is 0 Å². The monoisotopic (exact) mass is 768 g/mol. The molecule has 8 aromatic carbocycles. The van der Waals surface area contributed by atoms with Crippen molar-refractivity contribution in [3.05, 3.63) is 204 Å². The van der Waals surface area contributed by atoms with Crippen LogP contribution in [0.2, 0.25) is 0 Å². The van der Waals surface area contributed by atoms with Gasteiger partial charge in [-0.25, -0.2) is 22.0 Å². The molecule has 0 aliphatic heterocycles. The van der Waals surface area contributed by atoms with Gasteiger partial charge in [-0.1, -0.05) is 117 Å². The Labute approximate surface area is 331 Å². The number of fused-ring (bicyclic) bond motifs is 6. The summed E-state index contributed by atoms with van der Waals surface area (Å²) in [6.07, 6.45) is 0. The third-order valence-corrected chi connectivity index (χ3v) is 11.6. The normalized spacial score (nSPS) is 12.9. The third-order valence-electron chi connectivity index (χ3n) is 11.6. The summed E-state index contributed by atoms with van der Waals surface area (Å²) >= 11 is 0. The van der Waals surface area contributed by atoms with Crippen LogP contribution in [-0.2, 0) is 5.41 Å². The van der Waals surface area contributed by atoms with Gasteiger partial charge in [-0.05, 0) is 99.6 Å². The lowest BCUT2D eigenvalue weighted by Gasteiger charge is -2.28. The molecule has 10 rings (SSSR count). The summed E-state index contributed by atoms with van der Waals surface area (Å²) in [5.74, 6) is -9.91. The molecule has 282 valence electrons. The zero-order valence-corrected chi connectivity index (χ0v) is 31.4. The molecule has 0 spiro atoms. The van der Waals surface area contributed by atoms with Crippen molar-refractivity contribution in [2.24, 2.45) is 0 Å². The van der Waals surface area contributed by atoms with Crippen LogP contribution in [0.1, 0.15) is 25.0 Å². The van der Waals surface area contributed by atoms with E-state index in [0.717, 1.165) is 55.7 Å². The SMILES string of the molecule is CC1(C)c2ccccc2-c2ccc(N(c3ccc(-c4ccc5c6ccccc6n(-c6ccccc6)c5c4)cc3)c3ccc(-c4c(F)c(F)c(F)c(F)c4F)cc3)cc21. The minimum absolute atomic E-state index is 0.138. The molecule has 0 unspecified atom stereocenters. The van der Waals surface area contributed by atoms with Crippen molar-refractivity contribution in [1.82, 2.24) is 4.57 Å². The molecular weight excluding hydrogens is 736 g/mol. The number of aromatic nitrogens is 1. The van der Waals surface area contributed by atoms with Crippen molar-refractivity contribution < 1.29 is 22.0 Å². The number of halogens is 5. The highest BCUT2D eigenvalue weighted by Crippen LogP contribution is 2.51. The Morgan fingerprint density at radius 3 is 1.66 bits per heavy atom. The van der Waals surface area contributed by atoms with E-state index in [-0.39, 0.29) is 11.0 Å². The van der Waals surface area contributed by atoms with Crippen LogP contribution in [0.5, 0.6) is 0 Å². The minimum atomic E-state index is -2.19. The summed E-state index contributed by atoms with van der Waals surface area (Å²) in [7, 11) is 0. The van der Waals surface area contributed by atoms with E-state index in [4.69, 9.17) is 0 Å². The van der Waals surface area contributed by atoms with Crippen molar-refractivity contribution in [2.45, 2.75) is 19.3 Å². The van der Waals surface area contributed by atoms with Gasteiger partial charge in [0.25, 0.3) is 0 Å². The van der Waals surface area contributed by atoms with Crippen LogP contribution in [0, 0.1) is 29.1 Å². The van der Waals surface area contributed by atoms with Crippen molar-refractivity contribution in [1.29, 1.82) is 0 Å². The third kappa shape index (κ3) is 5.37. The van der Waals surface area contributed by atoms with E-state index in [2.05, 4.69) is 109 Å². The highest BCUT2D eigenvalue weighted by atomic mass is 19.2. The molecule has 0 saturated carbocycles. The highest BCUT2D eigenvalue weighted by molar-refractivity contribution is 6.10. The van der Waals surface area contributed by atoms with Gasteiger partial charge in [-0.15, -0.1) is 0 Å². The standard InChI is InChI=1S/C51H33F5N2/c1-51(2)41-14-8-6-12-37(41)38-27-25-36(29-42(38)51)57(35-23-18-31(19-24-35)45-46(52)48(54)50(56)49(55)47(45)53)34-21-16-30(17-22-34)32-20-26-40-39-13-7-9-15-43(39)58(44(40)28-32)33-10-4-3-5-11-33/h3-29H,1-2H3. The Hall–Kier alpha value is -6.99. The van der Waals surface area contributed by atoms with Crippen LogP contribution < -0.4 is 4.90 Å². The molecule has 0 saturated heterocycles. The number of para-hydroxylation sites is 2. The van der Waals surface area contributed by atoms with Gasteiger partial charge in [0.1, 0.15) is 0 Å². The minimum Gasteiger partial charge on any atom is -0.310 e. The molecule has 1 aliphatic rings. The molecule has 1 aliphatic carbocycles. The second kappa shape index (κ2) is 13.3. The number of hydrogen-bond acceptors (Lipinski definition) is 1. The number of hydrogen-bond donors (Lipinski definition) is 0. The van der Waals surface area contributed by atoms with E-state index >= 15 is 0 Å². The number of nitrogens with zero attached hydrogens (tertiary/aromatic N) is 2. The Kier molecular flexibility index (Phi) is 8.13.